The van der Waals surface area contributed by atoms with Gasteiger partial charge in [-0.15, -0.1) is 0 Å². The summed E-state index contributed by atoms with van der Waals surface area (Å²) in [5.41, 5.74) is 5.44. The van der Waals surface area contributed by atoms with Crippen molar-refractivity contribution in [1.82, 2.24) is 0 Å². The van der Waals surface area contributed by atoms with Crippen molar-refractivity contribution in [3.05, 3.63) is 56.8 Å². The molecule has 0 unspecified atom stereocenters. The van der Waals surface area contributed by atoms with E-state index in [1.165, 1.54) is 24.3 Å². The first-order valence-electron chi connectivity index (χ1n) is 6.44. The smallest absolute Gasteiger partial charge is 0.340 e. The quantitative estimate of drug-likeness (QED) is 0.605. The summed E-state index contributed by atoms with van der Waals surface area (Å²) < 4.78 is 18.3. The van der Waals surface area contributed by atoms with Crippen molar-refractivity contribution in [1.29, 1.82) is 0 Å². The first-order valence-corrected chi connectivity index (χ1v) is 7.58. The minimum Gasteiger partial charge on any atom is -0.452 e. The SMILES string of the molecule is Nc1c(Cl)cc(Cl)cc1C(=O)OCC(=O)Nc1cc(Cl)ccc1F. The summed E-state index contributed by atoms with van der Waals surface area (Å²) >= 11 is 17.3. The lowest BCUT2D eigenvalue weighted by atomic mass is 10.2. The fourth-order valence-electron chi connectivity index (χ4n) is 1.74. The summed E-state index contributed by atoms with van der Waals surface area (Å²) in [4.78, 5) is 23.7. The Morgan fingerprint density at radius 3 is 2.54 bits per heavy atom. The van der Waals surface area contributed by atoms with E-state index in [4.69, 9.17) is 45.3 Å². The number of carbonyl (C=O) groups is 2. The van der Waals surface area contributed by atoms with Crippen LogP contribution in [-0.4, -0.2) is 18.5 Å². The van der Waals surface area contributed by atoms with Gasteiger partial charge in [0.15, 0.2) is 6.61 Å². The summed E-state index contributed by atoms with van der Waals surface area (Å²) in [6, 6.07) is 6.28. The van der Waals surface area contributed by atoms with Crippen LogP contribution >= 0.6 is 34.8 Å². The molecule has 9 heteroatoms. The summed E-state index contributed by atoms with van der Waals surface area (Å²) in [6.07, 6.45) is 0. The number of esters is 1. The van der Waals surface area contributed by atoms with Crippen LogP contribution in [0.2, 0.25) is 15.1 Å². The van der Waals surface area contributed by atoms with Gasteiger partial charge in [0.1, 0.15) is 5.82 Å². The highest BCUT2D eigenvalue weighted by molar-refractivity contribution is 6.37. The summed E-state index contributed by atoms with van der Waals surface area (Å²) in [6.45, 7) is -0.658. The van der Waals surface area contributed by atoms with E-state index in [1.807, 2.05) is 0 Å². The lowest BCUT2D eigenvalue weighted by molar-refractivity contribution is -0.119. The molecule has 2 aromatic carbocycles. The first-order chi connectivity index (χ1) is 11.3. The van der Waals surface area contributed by atoms with Gasteiger partial charge in [-0.1, -0.05) is 34.8 Å². The van der Waals surface area contributed by atoms with E-state index < -0.39 is 24.3 Å². The topological polar surface area (TPSA) is 81.4 Å². The monoisotopic (exact) mass is 390 g/mol. The zero-order valence-corrected chi connectivity index (χ0v) is 14.2. The standard InChI is InChI=1S/C15H10Cl3FN2O3/c16-7-1-2-11(19)12(5-7)21-13(22)6-24-15(23)9-3-8(17)4-10(18)14(9)20/h1-5H,6,20H2,(H,21,22). The van der Waals surface area contributed by atoms with Crippen molar-refractivity contribution in [3.8, 4) is 0 Å². The zero-order chi connectivity index (χ0) is 17.9. The molecule has 2 aromatic rings. The minimum absolute atomic E-state index is 0.0210. The predicted octanol–water partition coefficient (Wildman–Crippen LogP) is 4.16. The van der Waals surface area contributed by atoms with E-state index in [0.717, 1.165) is 6.07 Å². The second kappa shape index (κ2) is 7.70. The largest absolute Gasteiger partial charge is 0.452 e. The number of nitrogens with one attached hydrogen (secondary N) is 1. The molecule has 0 aliphatic heterocycles. The molecule has 5 nitrogen and oxygen atoms in total. The molecule has 0 atom stereocenters. The molecule has 3 N–H and O–H groups in total. The number of hydrogen-bond acceptors (Lipinski definition) is 4. The molecule has 0 fully saturated rings. The van der Waals surface area contributed by atoms with Crippen LogP contribution in [0, 0.1) is 5.82 Å². The van der Waals surface area contributed by atoms with Crippen LogP contribution in [0.5, 0.6) is 0 Å². The van der Waals surface area contributed by atoms with Crippen LogP contribution in [-0.2, 0) is 9.53 Å². The number of rotatable bonds is 4. The molecule has 0 aliphatic carbocycles. The van der Waals surface area contributed by atoms with Crippen molar-refractivity contribution < 1.29 is 18.7 Å². The van der Waals surface area contributed by atoms with Crippen LogP contribution in [0.25, 0.3) is 0 Å². The lowest BCUT2D eigenvalue weighted by Gasteiger charge is -2.10. The molecule has 24 heavy (non-hydrogen) atoms. The maximum atomic E-state index is 13.5. The van der Waals surface area contributed by atoms with E-state index >= 15 is 0 Å². The second-order valence-corrected chi connectivity index (χ2v) is 5.88. The Morgan fingerprint density at radius 2 is 1.83 bits per heavy atom. The Morgan fingerprint density at radius 1 is 1.12 bits per heavy atom. The third-order valence-electron chi connectivity index (χ3n) is 2.85. The second-order valence-electron chi connectivity index (χ2n) is 4.60. The number of hydrogen-bond donors (Lipinski definition) is 2. The molecule has 0 aliphatic rings. The van der Waals surface area contributed by atoms with Gasteiger partial charge in [0.25, 0.3) is 5.91 Å². The van der Waals surface area contributed by atoms with Crippen molar-refractivity contribution >= 4 is 58.1 Å². The molecule has 0 radical (unpaired) electrons. The van der Waals surface area contributed by atoms with Gasteiger partial charge in [-0.3, -0.25) is 4.79 Å². The third kappa shape index (κ3) is 4.50. The van der Waals surface area contributed by atoms with E-state index in [2.05, 4.69) is 5.32 Å². The van der Waals surface area contributed by atoms with Crippen LogP contribution in [0.1, 0.15) is 10.4 Å². The third-order valence-corrected chi connectivity index (χ3v) is 3.62. The van der Waals surface area contributed by atoms with Crippen LogP contribution in [0.4, 0.5) is 15.8 Å². The lowest BCUT2D eigenvalue weighted by Crippen LogP contribution is -2.22. The summed E-state index contributed by atoms with van der Waals surface area (Å²) in [7, 11) is 0. The number of carbonyl (C=O) groups excluding carboxylic acids is 2. The van der Waals surface area contributed by atoms with Gasteiger partial charge in [0, 0.05) is 10.0 Å². The fourth-order valence-corrected chi connectivity index (χ4v) is 2.41. The highest BCUT2D eigenvalue weighted by atomic mass is 35.5. The van der Waals surface area contributed by atoms with E-state index in [9.17, 15) is 14.0 Å². The average Bonchev–Trinajstić information content (AvgIpc) is 2.52. The number of halogens is 4. The highest BCUT2D eigenvalue weighted by Gasteiger charge is 2.17. The van der Waals surface area contributed by atoms with Gasteiger partial charge in [0.2, 0.25) is 0 Å². The fraction of sp³-hybridized carbons (Fsp3) is 0.0667. The number of nitrogens with two attached hydrogens (primary N) is 1. The highest BCUT2D eigenvalue weighted by Crippen LogP contribution is 2.28. The molecular weight excluding hydrogens is 382 g/mol. The molecule has 126 valence electrons. The van der Waals surface area contributed by atoms with E-state index in [1.54, 1.807) is 0 Å². The average molecular weight is 392 g/mol. The minimum atomic E-state index is -0.890. The Bertz CT molecular complexity index is 815. The molecule has 0 bridgehead atoms. The molecule has 2 rings (SSSR count). The van der Waals surface area contributed by atoms with Gasteiger partial charge in [0.05, 0.1) is 22.0 Å². The molecule has 1 amide bonds. The van der Waals surface area contributed by atoms with Gasteiger partial charge in [-0.05, 0) is 30.3 Å². The van der Waals surface area contributed by atoms with Crippen LogP contribution in [0.15, 0.2) is 30.3 Å². The predicted molar refractivity (Wildman–Crippen MR) is 91.2 cm³/mol. The Balaban J connectivity index is 2.01. The summed E-state index contributed by atoms with van der Waals surface area (Å²) in [5.74, 6) is -2.32. The van der Waals surface area contributed by atoms with Crippen molar-refractivity contribution in [2.24, 2.45) is 0 Å². The molecule has 0 spiro atoms. The van der Waals surface area contributed by atoms with Gasteiger partial charge in [-0.2, -0.15) is 0 Å². The van der Waals surface area contributed by atoms with E-state index in [-0.39, 0.29) is 32.0 Å². The molecule has 0 heterocycles. The Labute approximate surface area is 151 Å². The van der Waals surface area contributed by atoms with Crippen molar-refractivity contribution in [3.63, 3.8) is 0 Å². The first kappa shape index (κ1) is 18.3. The number of benzene rings is 2. The maximum absolute atomic E-state index is 13.5. The Kier molecular flexibility index (Phi) is 5.88. The van der Waals surface area contributed by atoms with Crippen LogP contribution in [0.3, 0.4) is 0 Å². The van der Waals surface area contributed by atoms with Gasteiger partial charge < -0.3 is 15.8 Å². The van der Waals surface area contributed by atoms with Crippen molar-refractivity contribution in [2.45, 2.75) is 0 Å². The Hall–Kier alpha value is -2.02. The molecule has 0 saturated heterocycles. The maximum Gasteiger partial charge on any atom is 0.340 e. The van der Waals surface area contributed by atoms with Crippen LogP contribution < -0.4 is 11.1 Å². The number of amides is 1. The zero-order valence-electron chi connectivity index (χ0n) is 11.9. The molecule has 0 aromatic heterocycles. The van der Waals surface area contributed by atoms with Crippen molar-refractivity contribution in [2.75, 3.05) is 17.7 Å². The summed E-state index contributed by atoms with van der Waals surface area (Å²) in [5, 5.41) is 2.75. The normalized spacial score (nSPS) is 10.3. The van der Waals surface area contributed by atoms with Gasteiger partial charge >= 0.3 is 5.97 Å². The number of ether oxygens (including phenoxy) is 1. The molecule has 0 saturated carbocycles. The number of nitrogen functional groups attached to an aromatic ring is 1. The number of anilines is 2. The molecular formula is C15H10Cl3FN2O3. The van der Waals surface area contributed by atoms with Gasteiger partial charge in [-0.25, -0.2) is 9.18 Å². The van der Waals surface area contributed by atoms with E-state index in [0.29, 0.717) is 0 Å².